The fourth-order valence-electron chi connectivity index (χ4n) is 0.866. The third-order valence-corrected chi connectivity index (χ3v) is 3.44. The number of Topliss-reactive ketones (excluding diaryl/α,β-unsaturated/α-hetero) is 1. The van der Waals surface area contributed by atoms with Gasteiger partial charge in [-0.1, -0.05) is 0 Å². The number of ketones is 1. The number of anilines is 1. The molecule has 0 saturated carbocycles. The molecular weight excluding hydrogens is 286 g/mol. The molecule has 1 aromatic rings. The van der Waals surface area contributed by atoms with E-state index in [1.807, 2.05) is 0 Å². The van der Waals surface area contributed by atoms with E-state index in [0.29, 0.717) is 11.3 Å². The van der Waals surface area contributed by atoms with Gasteiger partial charge < -0.3 is 5.73 Å². The zero-order valence-corrected chi connectivity index (χ0v) is 9.57. The van der Waals surface area contributed by atoms with Crippen molar-refractivity contribution in [3.63, 3.8) is 0 Å². The predicted molar refractivity (Wildman–Crippen MR) is 56.3 cm³/mol. The smallest absolute Gasteiger partial charge is 0.161 e. The van der Waals surface area contributed by atoms with Crippen LogP contribution in [0.15, 0.2) is 21.1 Å². The van der Waals surface area contributed by atoms with Crippen molar-refractivity contribution in [1.82, 2.24) is 0 Å². The van der Waals surface area contributed by atoms with Crippen LogP contribution in [0.4, 0.5) is 5.69 Å². The molecule has 0 heterocycles. The van der Waals surface area contributed by atoms with Gasteiger partial charge in [-0.05, 0) is 50.9 Å². The third-order valence-electron chi connectivity index (χ3n) is 1.43. The monoisotopic (exact) mass is 291 g/mol. The number of halogens is 2. The van der Waals surface area contributed by atoms with Gasteiger partial charge in [0.25, 0.3) is 0 Å². The molecule has 0 aromatic heterocycles. The van der Waals surface area contributed by atoms with E-state index in [9.17, 15) is 4.79 Å². The summed E-state index contributed by atoms with van der Waals surface area (Å²) >= 11 is 6.58. The van der Waals surface area contributed by atoms with E-state index >= 15 is 0 Å². The second kappa shape index (κ2) is 3.58. The minimum absolute atomic E-state index is 0.00475. The summed E-state index contributed by atoms with van der Waals surface area (Å²) in [5.41, 5.74) is 6.74. The van der Waals surface area contributed by atoms with E-state index in [4.69, 9.17) is 5.73 Å². The Morgan fingerprint density at radius 2 is 2.00 bits per heavy atom. The maximum atomic E-state index is 11.1. The maximum Gasteiger partial charge on any atom is 0.161 e. The molecule has 0 aliphatic carbocycles. The Balaban J connectivity index is 3.37. The van der Waals surface area contributed by atoms with Crippen LogP contribution in [0, 0.1) is 0 Å². The quantitative estimate of drug-likeness (QED) is 0.639. The van der Waals surface area contributed by atoms with Crippen molar-refractivity contribution in [3.8, 4) is 0 Å². The van der Waals surface area contributed by atoms with Gasteiger partial charge in [0.15, 0.2) is 5.78 Å². The van der Waals surface area contributed by atoms with Gasteiger partial charge in [0.2, 0.25) is 0 Å². The summed E-state index contributed by atoms with van der Waals surface area (Å²) in [5.74, 6) is -0.00475. The van der Waals surface area contributed by atoms with Gasteiger partial charge in [-0.2, -0.15) is 0 Å². The SMILES string of the molecule is CC(=O)c1cc(N)cc(Br)c1Br. The van der Waals surface area contributed by atoms with E-state index in [-0.39, 0.29) is 5.78 Å². The molecule has 1 aromatic carbocycles. The first-order valence-corrected chi connectivity index (χ1v) is 4.86. The molecule has 0 spiro atoms. The lowest BCUT2D eigenvalue weighted by Gasteiger charge is -2.03. The first-order chi connectivity index (χ1) is 5.52. The molecule has 0 aliphatic heterocycles. The van der Waals surface area contributed by atoms with E-state index in [1.165, 1.54) is 6.92 Å². The highest BCUT2D eigenvalue weighted by atomic mass is 79.9. The van der Waals surface area contributed by atoms with Gasteiger partial charge in [-0.3, -0.25) is 4.79 Å². The Bertz CT molecular complexity index is 336. The van der Waals surface area contributed by atoms with Gasteiger partial charge in [0.1, 0.15) is 0 Å². The normalized spacial score (nSPS) is 9.92. The highest BCUT2D eigenvalue weighted by Crippen LogP contribution is 2.29. The largest absolute Gasteiger partial charge is 0.399 e. The maximum absolute atomic E-state index is 11.1. The molecular formula is C8H7Br2NO. The second-order valence-corrected chi connectivity index (χ2v) is 4.07. The predicted octanol–water partition coefficient (Wildman–Crippen LogP) is 3.00. The lowest BCUT2D eigenvalue weighted by atomic mass is 10.1. The lowest BCUT2D eigenvalue weighted by Crippen LogP contribution is -1.96. The van der Waals surface area contributed by atoms with Crippen molar-refractivity contribution >= 4 is 43.3 Å². The molecule has 0 amide bonds. The average molecular weight is 293 g/mol. The van der Waals surface area contributed by atoms with Crippen molar-refractivity contribution in [3.05, 3.63) is 26.6 Å². The topological polar surface area (TPSA) is 43.1 Å². The zero-order valence-electron chi connectivity index (χ0n) is 6.40. The number of rotatable bonds is 1. The summed E-state index contributed by atoms with van der Waals surface area (Å²) in [6, 6.07) is 3.40. The number of hydrogen-bond acceptors (Lipinski definition) is 2. The van der Waals surface area contributed by atoms with Crippen molar-refractivity contribution < 1.29 is 4.79 Å². The summed E-state index contributed by atoms with van der Waals surface area (Å²) in [6.07, 6.45) is 0. The van der Waals surface area contributed by atoms with Crippen molar-refractivity contribution in [1.29, 1.82) is 0 Å². The summed E-state index contributed by atoms with van der Waals surface area (Å²) < 4.78 is 1.55. The second-order valence-electron chi connectivity index (χ2n) is 2.42. The van der Waals surface area contributed by atoms with E-state index < -0.39 is 0 Å². The van der Waals surface area contributed by atoms with Gasteiger partial charge in [-0.25, -0.2) is 0 Å². The van der Waals surface area contributed by atoms with Crippen molar-refractivity contribution in [2.24, 2.45) is 0 Å². The molecule has 2 nitrogen and oxygen atoms in total. The Kier molecular flexibility index (Phi) is 2.90. The molecule has 0 fully saturated rings. The van der Waals surface area contributed by atoms with Crippen LogP contribution in [0.2, 0.25) is 0 Å². The Morgan fingerprint density at radius 1 is 1.42 bits per heavy atom. The highest BCUT2D eigenvalue weighted by molar-refractivity contribution is 9.13. The van der Waals surface area contributed by atoms with Crippen LogP contribution in [0.25, 0.3) is 0 Å². The van der Waals surface area contributed by atoms with Crippen LogP contribution in [-0.4, -0.2) is 5.78 Å². The fourth-order valence-corrected chi connectivity index (χ4v) is 1.85. The molecule has 2 N–H and O–H groups in total. The summed E-state index contributed by atoms with van der Waals surface area (Å²) in [5, 5.41) is 0. The van der Waals surface area contributed by atoms with Crippen LogP contribution in [-0.2, 0) is 0 Å². The molecule has 4 heteroatoms. The molecule has 12 heavy (non-hydrogen) atoms. The van der Waals surface area contributed by atoms with Crippen LogP contribution < -0.4 is 5.73 Å². The van der Waals surface area contributed by atoms with Gasteiger partial charge in [-0.15, -0.1) is 0 Å². The van der Waals surface area contributed by atoms with Crippen LogP contribution in [0.5, 0.6) is 0 Å². The zero-order chi connectivity index (χ0) is 9.30. The molecule has 0 unspecified atom stereocenters. The first-order valence-electron chi connectivity index (χ1n) is 3.28. The van der Waals surface area contributed by atoms with Crippen LogP contribution >= 0.6 is 31.9 Å². The van der Waals surface area contributed by atoms with E-state index in [1.54, 1.807) is 12.1 Å². The number of carbonyl (C=O) groups is 1. The third kappa shape index (κ3) is 1.87. The van der Waals surface area contributed by atoms with Crippen molar-refractivity contribution in [2.45, 2.75) is 6.92 Å². The summed E-state index contributed by atoms with van der Waals surface area (Å²) in [4.78, 5) is 11.1. The highest BCUT2D eigenvalue weighted by Gasteiger charge is 2.08. The minimum Gasteiger partial charge on any atom is -0.399 e. The summed E-state index contributed by atoms with van der Waals surface area (Å²) in [6.45, 7) is 1.51. The summed E-state index contributed by atoms with van der Waals surface area (Å²) in [7, 11) is 0. The molecule has 64 valence electrons. The van der Waals surface area contributed by atoms with Crippen LogP contribution in [0.3, 0.4) is 0 Å². The molecule has 0 aliphatic rings. The lowest BCUT2D eigenvalue weighted by molar-refractivity contribution is 0.101. The van der Waals surface area contributed by atoms with Gasteiger partial charge in [0.05, 0.1) is 0 Å². The first kappa shape index (κ1) is 9.74. The standard InChI is InChI=1S/C8H7Br2NO/c1-4(12)6-2-5(11)3-7(9)8(6)10/h2-3H,11H2,1H3. The average Bonchev–Trinajstić information content (AvgIpc) is 1.96. The van der Waals surface area contributed by atoms with Crippen LogP contribution in [0.1, 0.15) is 17.3 Å². The Labute approximate surface area is 87.4 Å². The number of nitrogens with two attached hydrogens (primary N) is 1. The molecule has 0 atom stereocenters. The van der Waals surface area contributed by atoms with E-state index in [0.717, 1.165) is 8.95 Å². The molecule has 0 saturated heterocycles. The number of nitrogen functional groups attached to an aromatic ring is 1. The molecule has 0 bridgehead atoms. The Morgan fingerprint density at radius 3 is 2.50 bits per heavy atom. The Hall–Kier alpha value is -0.350. The fraction of sp³-hybridized carbons (Fsp3) is 0.125. The molecule has 1 rings (SSSR count). The minimum atomic E-state index is -0.00475. The van der Waals surface area contributed by atoms with Gasteiger partial charge in [0, 0.05) is 20.2 Å². The number of hydrogen-bond donors (Lipinski definition) is 1. The number of carbonyl (C=O) groups excluding carboxylic acids is 1. The van der Waals surface area contributed by atoms with Crippen molar-refractivity contribution in [2.75, 3.05) is 5.73 Å². The van der Waals surface area contributed by atoms with E-state index in [2.05, 4.69) is 31.9 Å². The van der Waals surface area contributed by atoms with Gasteiger partial charge >= 0.3 is 0 Å². The number of benzene rings is 1. The molecule has 0 radical (unpaired) electrons.